The fourth-order valence-electron chi connectivity index (χ4n) is 1.40. The quantitative estimate of drug-likeness (QED) is 0.574. The molecule has 1 aliphatic rings. The van der Waals surface area contributed by atoms with Gasteiger partial charge in [0, 0.05) is 0 Å². The highest BCUT2D eigenvalue weighted by molar-refractivity contribution is 4.67. The van der Waals surface area contributed by atoms with Crippen LogP contribution in [0, 0.1) is 5.92 Å². The van der Waals surface area contributed by atoms with E-state index in [1.54, 1.807) is 0 Å². The summed E-state index contributed by atoms with van der Waals surface area (Å²) in [5.74, 6) is 0.763. The first-order valence-electron chi connectivity index (χ1n) is 4.88. The van der Waals surface area contributed by atoms with Gasteiger partial charge >= 0.3 is 0 Å². The molecule has 2 unspecified atom stereocenters. The van der Waals surface area contributed by atoms with Gasteiger partial charge in [0.25, 0.3) is 0 Å². The molecule has 0 radical (unpaired) electrons. The van der Waals surface area contributed by atoms with Crippen molar-refractivity contribution in [2.24, 2.45) is 5.92 Å². The number of hydrogen-bond acceptors (Lipinski definition) is 1. The maximum atomic E-state index is 9.08. The molecule has 0 spiro atoms. The molecule has 0 aromatic rings. The van der Waals surface area contributed by atoms with Crippen molar-refractivity contribution in [1.82, 2.24) is 0 Å². The van der Waals surface area contributed by atoms with Crippen LogP contribution in [0.5, 0.6) is 0 Å². The SMILES string of the molecule is CC1CCCC(O)C1.CCC. The molecule has 0 aliphatic heterocycles. The molecule has 0 saturated heterocycles. The minimum absolute atomic E-state index is 0.0127. The van der Waals surface area contributed by atoms with Crippen LogP contribution in [0.3, 0.4) is 0 Å². The second kappa shape index (κ2) is 6.66. The van der Waals surface area contributed by atoms with Crippen molar-refractivity contribution in [1.29, 1.82) is 0 Å². The van der Waals surface area contributed by atoms with E-state index in [9.17, 15) is 0 Å². The van der Waals surface area contributed by atoms with E-state index in [1.807, 2.05) is 0 Å². The number of rotatable bonds is 0. The van der Waals surface area contributed by atoms with Crippen LogP contribution in [0.25, 0.3) is 0 Å². The Labute approximate surface area is 70.8 Å². The highest BCUT2D eigenvalue weighted by atomic mass is 16.3. The first kappa shape index (κ1) is 11.0. The van der Waals surface area contributed by atoms with Crippen molar-refractivity contribution < 1.29 is 5.11 Å². The molecule has 1 rings (SSSR count). The van der Waals surface area contributed by atoms with Crippen LogP contribution in [0.2, 0.25) is 0 Å². The van der Waals surface area contributed by atoms with Gasteiger partial charge in [0.1, 0.15) is 0 Å². The van der Waals surface area contributed by atoms with E-state index in [4.69, 9.17) is 5.11 Å². The lowest BCUT2D eigenvalue weighted by atomic mass is 9.89. The predicted octanol–water partition coefficient (Wildman–Crippen LogP) is 2.97. The van der Waals surface area contributed by atoms with E-state index >= 15 is 0 Å². The Bertz CT molecular complexity index is 72.9. The monoisotopic (exact) mass is 158 g/mol. The summed E-state index contributed by atoms with van der Waals surface area (Å²) in [4.78, 5) is 0. The smallest absolute Gasteiger partial charge is 0.0542 e. The summed E-state index contributed by atoms with van der Waals surface area (Å²) in [6.45, 7) is 6.46. The van der Waals surface area contributed by atoms with E-state index in [-0.39, 0.29) is 6.10 Å². The normalized spacial score (nSPS) is 30.5. The zero-order chi connectivity index (χ0) is 8.69. The molecule has 0 heterocycles. The molecule has 1 aliphatic carbocycles. The molecule has 0 aromatic carbocycles. The van der Waals surface area contributed by atoms with Crippen LogP contribution in [0.15, 0.2) is 0 Å². The van der Waals surface area contributed by atoms with Crippen molar-refractivity contribution in [2.45, 2.75) is 59.0 Å². The summed E-state index contributed by atoms with van der Waals surface area (Å²) in [7, 11) is 0. The first-order valence-corrected chi connectivity index (χ1v) is 4.88. The number of aliphatic hydroxyl groups is 1. The van der Waals surface area contributed by atoms with Gasteiger partial charge in [0.2, 0.25) is 0 Å². The van der Waals surface area contributed by atoms with E-state index < -0.39 is 0 Å². The van der Waals surface area contributed by atoms with Crippen LogP contribution >= 0.6 is 0 Å². The third-order valence-electron chi connectivity index (χ3n) is 1.91. The van der Waals surface area contributed by atoms with Gasteiger partial charge in [0.05, 0.1) is 6.10 Å². The standard InChI is InChI=1S/C7H14O.C3H8/c1-6-3-2-4-7(8)5-6;1-3-2/h6-8H,2-5H2,1H3;3H2,1-2H3. The average molecular weight is 158 g/mol. The van der Waals surface area contributed by atoms with Crippen LogP contribution in [-0.2, 0) is 0 Å². The Morgan fingerprint density at radius 2 is 1.82 bits per heavy atom. The van der Waals surface area contributed by atoms with Crippen molar-refractivity contribution >= 4 is 0 Å². The lowest BCUT2D eigenvalue weighted by molar-refractivity contribution is 0.106. The maximum absolute atomic E-state index is 9.08. The van der Waals surface area contributed by atoms with Crippen LogP contribution in [-0.4, -0.2) is 11.2 Å². The Kier molecular flexibility index (Phi) is 6.63. The minimum atomic E-state index is 0.0127. The zero-order valence-electron chi connectivity index (χ0n) is 8.14. The first-order chi connectivity index (χ1) is 5.20. The molecular weight excluding hydrogens is 136 g/mol. The molecule has 1 saturated carbocycles. The molecule has 1 heteroatoms. The fraction of sp³-hybridized carbons (Fsp3) is 1.00. The van der Waals surface area contributed by atoms with Gasteiger partial charge < -0.3 is 5.11 Å². The van der Waals surface area contributed by atoms with E-state index in [2.05, 4.69) is 20.8 Å². The third-order valence-corrected chi connectivity index (χ3v) is 1.91. The van der Waals surface area contributed by atoms with Crippen LogP contribution in [0.1, 0.15) is 52.9 Å². The highest BCUT2D eigenvalue weighted by Gasteiger charge is 2.15. The number of hydrogen-bond donors (Lipinski definition) is 1. The second-order valence-corrected chi connectivity index (χ2v) is 3.63. The van der Waals surface area contributed by atoms with E-state index in [0.717, 1.165) is 18.8 Å². The molecule has 1 nitrogen and oxygen atoms in total. The maximum Gasteiger partial charge on any atom is 0.0542 e. The Balaban J connectivity index is 0.000000292. The highest BCUT2D eigenvalue weighted by Crippen LogP contribution is 2.22. The Morgan fingerprint density at radius 3 is 2.09 bits per heavy atom. The molecule has 1 N–H and O–H groups in total. The van der Waals surface area contributed by atoms with Gasteiger partial charge in [-0.3, -0.25) is 0 Å². The largest absolute Gasteiger partial charge is 0.393 e. The molecule has 0 bridgehead atoms. The van der Waals surface area contributed by atoms with E-state index in [1.165, 1.54) is 19.3 Å². The van der Waals surface area contributed by atoms with E-state index in [0.29, 0.717) is 0 Å². The average Bonchev–Trinajstić information content (AvgIpc) is 1.88. The lowest BCUT2D eigenvalue weighted by Gasteiger charge is -2.21. The summed E-state index contributed by atoms with van der Waals surface area (Å²) < 4.78 is 0. The number of aliphatic hydroxyl groups excluding tert-OH is 1. The van der Waals surface area contributed by atoms with Gasteiger partial charge in [-0.05, 0) is 18.8 Å². The predicted molar refractivity (Wildman–Crippen MR) is 49.6 cm³/mol. The summed E-state index contributed by atoms with van der Waals surface area (Å²) in [5.41, 5.74) is 0. The van der Waals surface area contributed by atoms with Crippen molar-refractivity contribution in [2.75, 3.05) is 0 Å². The fourth-order valence-corrected chi connectivity index (χ4v) is 1.40. The molecule has 1 fully saturated rings. The minimum Gasteiger partial charge on any atom is -0.393 e. The molecular formula is C10H22O. The van der Waals surface area contributed by atoms with Gasteiger partial charge in [-0.25, -0.2) is 0 Å². The Morgan fingerprint density at radius 1 is 1.27 bits per heavy atom. The van der Waals surface area contributed by atoms with Gasteiger partial charge in [0.15, 0.2) is 0 Å². The molecule has 11 heavy (non-hydrogen) atoms. The summed E-state index contributed by atoms with van der Waals surface area (Å²) in [5, 5.41) is 9.08. The summed E-state index contributed by atoms with van der Waals surface area (Å²) in [6.07, 6.45) is 5.86. The van der Waals surface area contributed by atoms with Crippen molar-refractivity contribution in [3.8, 4) is 0 Å². The van der Waals surface area contributed by atoms with Gasteiger partial charge in [-0.2, -0.15) is 0 Å². The molecule has 0 amide bonds. The molecule has 2 atom stereocenters. The topological polar surface area (TPSA) is 20.2 Å². The van der Waals surface area contributed by atoms with Gasteiger partial charge in [-0.15, -0.1) is 0 Å². The lowest BCUT2D eigenvalue weighted by Crippen LogP contribution is -2.16. The Hall–Kier alpha value is -0.0400. The summed E-state index contributed by atoms with van der Waals surface area (Å²) in [6, 6.07) is 0. The zero-order valence-corrected chi connectivity index (χ0v) is 8.14. The molecule has 0 aromatic heterocycles. The second-order valence-electron chi connectivity index (χ2n) is 3.63. The van der Waals surface area contributed by atoms with Crippen molar-refractivity contribution in [3.05, 3.63) is 0 Å². The van der Waals surface area contributed by atoms with Crippen LogP contribution in [0.4, 0.5) is 0 Å². The van der Waals surface area contributed by atoms with Crippen LogP contribution < -0.4 is 0 Å². The van der Waals surface area contributed by atoms with Gasteiger partial charge in [-0.1, -0.05) is 40.0 Å². The molecule has 68 valence electrons. The van der Waals surface area contributed by atoms with Crippen molar-refractivity contribution in [3.63, 3.8) is 0 Å². The third kappa shape index (κ3) is 6.36. The summed E-state index contributed by atoms with van der Waals surface area (Å²) >= 11 is 0.